The van der Waals surface area contributed by atoms with Crippen LogP contribution in [0.4, 0.5) is 0 Å². The Morgan fingerprint density at radius 2 is 0.209 bits per heavy atom. The van der Waals surface area contributed by atoms with Crippen LogP contribution in [0.25, 0.3) is 0 Å². The van der Waals surface area contributed by atoms with E-state index in [-0.39, 0.29) is 142 Å². The quantitative estimate of drug-likeness (QED) is 0.294. The molecule has 43 heavy (non-hydrogen) atoms. The summed E-state index contributed by atoms with van der Waals surface area (Å²) in [4.78, 5) is 18.6. The monoisotopic (exact) mass is 1190 g/mol. The van der Waals surface area contributed by atoms with E-state index >= 15 is 0 Å². The summed E-state index contributed by atoms with van der Waals surface area (Å²) in [7, 11) is -18.5. The standard InChI is InChI=1S/18CN.3Fe.4La/c18*1-2;;;;;;;/q;;;;;;;;;;;;;;;;;;3*-4;4*+3. The normalized spacial score (nSPS) is 12.1. The summed E-state index contributed by atoms with van der Waals surface area (Å²) in [6.45, 7) is 0. The van der Waals surface area contributed by atoms with E-state index in [2.05, 4.69) is 0 Å². The second kappa shape index (κ2) is 15.8. The van der Waals surface area contributed by atoms with Crippen molar-refractivity contribution in [1.82, 2.24) is 0 Å². The molecule has 0 amide bonds. The van der Waals surface area contributed by atoms with Gasteiger partial charge in [0.2, 0.25) is 0 Å². The van der Waals surface area contributed by atoms with Crippen molar-refractivity contribution in [2.75, 3.05) is 0 Å². The molecular formula is C18Fe3La4N18. The fourth-order valence-electron chi connectivity index (χ4n) is 0.795. The third-order valence-electron chi connectivity index (χ3n) is 3.56. The predicted molar refractivity (Wildman–Crippen MR) is 101 cm³/mol. The van der Waals surface area contributed by atoms with Crippen LogP contribution >= 0.6 is 0 Å². The average Bonchev–Trinajstić information content (AvgIpc) is 3.06. The van der Waals surface area contributed by atoms with Crippen molar-refractivity contribution in [2.24, 2.45) is 0 Å². The second-order valence-electron chi connectivity index (χ2n) is 5.40. The zero-order valence-electron chi connectivity index (χ0n) is 20.4. The Bertz CT molecular complexity index is 1420. The Kier molecular flexibility index (Phi) is 20.5. The van der Waals surface area contributed by atoms with Crippen molar-refractivity contribution in [3.63, 3.8) is 0 Å². The molecule has 0 aromatic rings. The average molecular weight is 1190 g/mol. The van der Waals surface area contributed by atoms with Gasteiger partial charge in [0.05, 0.1) is 0 Å². The maximum Gasteiger partial charge on any atom is 3.00 e. The number of hydrogen-bond acceptors (Lipinski definition) is 18. The van der Waals surface area contributed by atoms with Gasteiger partial charge in [-0.3, -0.25) is 0 Å². The summed E-state index contributed by atoms with van der Waals surface area (Å²) in [5, 5.41) is 154. The maximum absolute atomic E-state index is 8.58. The summed E-state index contributed by atoms with van der Waals surface area (Å²) in [5.74, 6) is 0. The van der Waals surface area contributed by atoms with Crippen molar-refractivity contribution in [3.8, 4) is 89.4 Å². The minimum atomic E-state index is -6.17. The topological polar surface area (TPSA) is 428 Å². The van der Waals surface area contributed by atoms with Crippen molar-refractivity contribution < 1.29 is 175 Å². The summed E-state index contributed by atoms with van der Waals surface area (Å²) >= 11 is 0. The molecular weight excluding hydrogens is 1190 g/mol. The Morgan fingerprint density at radius 3 is 0.209 bits per heavy atom. The van der Waals surface area contributed by atoms with E-state index in [4.69, 9.17) is 94.7 Å². The van der Waals surface area contributed by atoms with E-state index in [9.17, 15) is 0 Å². The summed E-state index contributed by atoms with van der Waals surface area (Å²) in [6.07, 6.45) is 0. The molecule has 0 aliphatic carbocycles. The molecule has 0 aliphatic rings. The third-order valence-corrected chi connectivity index (χ3v) is 14.7. The van der Waals surface area contributed by atoms with Gasteiger partial charge in [-0.2, -0.15) is 0 Å². The molecule has 0 unspecified atom stereocenters. The molecule has 0 atom stereocenters. The van der Waals surface area contributed by atoms with Crippen LogP contribution < -0.4 is 0 Å². The molecule has 0 saturated heterocycles. The van der Waals surface area contributed by atoms with Crippen LogP contribution in [0, 0.1) is 327 Å². The molecule has 0 spiro atoms. The molecule has 0 radical (unpaired) electrons. The molecule has 18 nitrogen and oxygen atoms in total. The van der Waals surface area contributed by atoms with Crippen molar-refractivity contribution >= 4 is 0 Å². The second-order valence-corrected chi connectivity index (χ2v) is 22.3. The number of rotatable bonds is 0. The third kappa shape index (κ3) is 7.12. The van der Waals surface area contributed by atoms with Gasteiger partial charge in [-0.15, -0.1) is 0 Å². The van der Waals surface area contributed by atoms with Gasteiger partial charge in [0.25, 0.3) is 0 Å². The van der Waals surface area contributed by atoms with E-state index in [1.54, 1.807) is 0 Å². The molecule has 0 heterocycles. The van der Waals surface area contributed by atoms with Crippen LogP contribution in [-0.4, -0.2) is 0 Å². The van der Waals surface area contributed by atoms with Crippen molar-refractivity contribution in [3.05, 3.63) is 0 Å². The number of nitriles is 18. The Labute approximate surface area is 351 Å². The Balaban J connectivity index is -0.0000000864. The molecule has 198 valence electrons. The van der Waals surface area contributed by atoms with Crippen molar-refractivity contribution in [2.45, 2.75) is 0 Å². The van der Waals surface area contributed by atoms with Gasteiger partial charge in [0, 0.05) is 0 Å². The van der Waals surface area contributed by atoms with Gasteiger partial charge in [-0.25, -0.2) is 0 Å². The van der Waals surface area contributed by atoms with E-state index in [1.807, 2.05) is 0 Å². The predicted octanol–water partition coefficient (Wildman–Crippen LogP) is 0.295. The van der Waals surface area contributed by atoms with Gasteiger partial charge in [-0.1, -0.05) is 0 Å². The first-order chi connectivity index (χ1) is 17.9. The molecule has 0 N–H and O–H groups in total. The van der Waals surface area contributed by atoms with Gasteiger partial charge in [-0.05, 0) is 0 Å². The molecule has 0 aliphatic heterocycles. The summed E-state index contributed by atoms with van der Waals surface area (Å²) in [6, 6.07) is 0. The number of hydrogen-bond donors (Lipinski definition) is 0. The molecule has 0 saturated carbocycles. The van der Waals surface area contributed by atoms with Crippen LogP contribution in [0.3, 0.4) is 0 Å². The first-order valence-corrected chi connectivity index (χ1v) is 17.1. The van der Waals surface area contributed by atoms with Crippen LogP contribution in [-0.2, 0) is 32.2 Å². The Morgan fingerprint density at radius 1 is 0.163 bits per heavy atom. The van der Waals surface area contributed by atoms with Crippen molar-refractivity contribution in [1.29, 1.82) is 94.7 Å². The van der Waals surface area contributed by atoms with Crippen LogP contribution in [0.1, 0.15) is 0 Å². The minimum absolute atomic E-state index is 0. The number of nitrogens with zero attached hydrogens (tertiary/aromatic N) is 18. The smallest absolute Gasteiger partial charge is 3.00 e. The first kappa shape index (κ1) is 56.0. The summed E-state index contributed by atoms with van der Waals surface area (Å²) < 4.78 is 0. The first-order valence-electron chi connectivity index (χ1n) is 7.21. The fourth-order valence-corrected chi connectivity index (χ4v) is 3.28. The van der Waals surface area contributed by atoms with Crippen LogP contribution in [0.5, 0.6) is 0 Å². The van der Waals surface area contributed by atoms with Gasteiger partial charge >= 0.3 is 359 Å². The molecule has 0 aromatic carbocycles. The molecule has 0 rings (SSSR count). The van der Waals surface area contributed by atoms with Gasteiger partial charge in [0.15, 0.2) is 0 Å². The van der Waals surface area contributed by atoms with E-state index in [1.165, 1.54) is 0 Å². The minimum Gasteiger partial charge on any atom is 3.00 e. The maximum atomic E-state index is 8.58. The molecule has 0 bridgehead atoms. The zero-order chi connectivity index (χ0) is 32.0. The zero-order valence-corrected chi connectivity index (χ0v) is 38.2. The molecule has 25 heteroatoms. The van der Waals surface area contributed by atoms with Gasteiger partial charge in [0.1, 0.15) is 0 Å². The molecule has 0 aromatic heterocycles. The van der Waals surface area contributed by atoms with Gasteiger partial charge < -0.3 is 0 Å². The van der Waals surface area contributed by atoms with E-state index < -0.39 is 32.2 Å². The molecule has 0 fully saturated rings. The Hall–Kier alpha value is -2.84. The van der Waals surface area contributed by atoms with E-state index in [0.717, 1.165) is 89.4 Å². The largest absolute Gasteiger partial charge is 3.00 e. The van der Waals surface area contributed by atoms with Crippen LogP contribution in [0.15, 0.2) is 0 Å². The van der Waals surface area contributed by atoms with Crippen LogP contribution in [0.2, 0.25) is 0 Å². The summed E-state index contributed by atoms with van der Waals surface area (Å²) in [5.41, 5.74) is 0. The SMILES string of the molecule is N#[C][Fe-4]([C]#N)([C]#N)([C]#N)([C]#N)[C]#N.N#[C][Fe-4]([C]#N)([C]#N)([C]#N)([C]#N)[C]#N.N#[C][Fe-4]([C]#N)([C]#N)([C]#N)([C]#N)[C]#N.[La+3].[La+3].[La+3].[La+3]. The van der Waals surface area contributed by atoms with E-state index in [0.29, 0.717) is 0 Å². The fraction of sp³-hybridized carbons (Fsp3) is 0.